The lowest BCUT2D eigenvalue weighted by atomic mass is 10.1. The molecule has 0 aliphatic heterocycles. The van der Waals surface area contributed by atoms with Gasteiger partial charge in [0.25, 0.3) is 0 Å². The van der Waals surface area contributed by atoms with Gasteiger partial charge in [-0.3, -0.25) is 0 Å². The zero-order valence-corrected chi connectivity index (χ0v) is 26.3. The fourth-order valence-electron chi connectivity index (χ4n) is 6.36. The van der Waals surface area contributed by atoms with Gasteiger partial charge in [-0.1, -0.05) is 97.1 Å². The minimum absolute atomic E-state index is 0.601. The lowest BCUT2D eigenvalue weighted by molar-refractivity contribution is 0.669. The van der Waals surface area contributed by atoms with Crippen molar-refractivity contribution < 1.29 is 4.42 Å². The highest BCUT2D eigenvalue weighted by molar-refractivity contribution is 7.27. The molecule has 0 atom stereocenters. The quantitative estimate of drug-likeness (QED) is 0.192. The van der Waals surface area contributed by atoms with E-state index in [1.54, 1.807) is 22.7 Å². The van der Waals surface area contributed by atoms with Gasteiger partial charge in [0, 0.05) is 53.2 Å². The summed E-state index contributed by atoms with van der Waals surface area (Å²) in [5, 5.41) is 5.58. The van der Waals surface area contributed by atoms with Crippen molar-refractivity contribution in [2.75, 3.05) is 0 Å². The van der Waals surface area contributed by atoms with Crippen molar-refractivity contribution in [3.63, 3.8) is 0 Å². The number of thiophene rings is 1. The molecule has 0 spiro atoms. The Bertz CT molecular complexity index is 2780. The van der Waals surface area contributed by atoms with Crippen LogP contribution < -0.4 is 0 Å². The predicted molar refractivity (Wildman–Crippen MR) is 195 cm³/mol. The van der Waals surface area contributed by atoms with Gasteiger partial charge in [0.2, 0.25) is 0 Å². The average molecular weight is 639 g/mol. The smallest absolute Gasteiger partial charge is 0.165 e. The molecular formula is C40H22N4OS2. The molecule has 47 heavy (non-hydrogen) atoms. The minimum Gasteiger partial charge on any atom is -0.456 e. The number of fused-ring (bicyclic) bond motifs is 7. The van der Waals surface area contributed by atoms with Crippen LogP contribution in [0.4, 0.5) is 0 Å². The maximum absolute atomic E-state index is 6.23. The Labute approximate surface area is 276 Å². The van der Waals surface area contributed by atoms with Crippen molar-refractivity contribution in [2.24, 2.45) is 0 Å². The fraction of sp³-hybridized carbons (Fsp3) is 0. The third-order valence-corrected chi connectivity index (χ3v) is 11.0. The van der Waals surface area contributed by atoms with E-state index in [0.717, 1.165) is 59.4 Å². The van der Waals surface area contributed by atoms with Crippen molar-refractivity contribution in [3.05, 3.63) is 133 Å². The first-order valence-corrected chi connectivity index (χ1v) is 16.9. The third kappa shape index (κ3) is 4.28. The molecule has 0 bridgehead atoms. The van der Waals surface area contributed by atoms with Crippen LogP contribution in [0.1, 0.15) is 0 Å². The Balaban J connectivity index is 1.18. The molecular weight excluding hydrogens is 617 g/mol. The summed E-state index contributed by atoms with van der Waals surface area (Å²) in [4.78, 5) is 20.2. The molecule has 0 N–H and O–H groups in total. The lowest BCUT2D eigenvalue weighted by Gasteiger charge is -2.09. The number of hydrogen-bond donors (Lipinski definition) is 0. The SMILES string of the molecule is c1ccc(-c2nc(-c3ccc4c(c3)oc3ccccc34)nc(-c3cccc4c3sc3c(-c5nc6ccccc6s5)cccc34)n2)cc1. The molecule has 6 aromatic carbocycles. The molecule has 10 aromatic rings. The first-order chi connectivity index (χ1) is 23.3. The minimum atomic E-state index is 0.601. The number of furan rings is 1. The molecule has 0 fully saturated rings. The third-order valence-electron chi connectivity index (χ3n) is 8.59. The van der Waals surface area contributed by atoms with Gasteiger partial charge in [-0.05, 0) is 36.4 Å². The van der Waals surface area contributed by atoms with E-state index in [0.29, 0.717) is 17.5 Å². The zero-order valence-electron chi connectivity index (χ0n) is 24.7. The number of para-hydroxylation sites is 2. The van der Waals surface area contributed by atoms with Crippen molar-refractivity contribution >= 4 is 75.0 Å². The highest BCUT2D eigenvalue weighted by atomic mass is 32.1. The van der Waals surface area contributed by atoms with Gasteiger partial charge in [-0.25, -0.2) is 19.9 Å². The van der Waals surface area contributed by atoms with E-state index in [-0.39, 0.29) is 0 Å². The van der Waals surface area contributed by atoms with Crippen LogP contribution in [0.5, 0.6) is 0 Å². The molecule has 0 saturated heterocycles. The summed E-state index contributed by atoms with van der Waals surface area (Å²) < 4.78 is 9.77. The first-order valence-electron chi connectivity index (χ1n) is 15.3. The van der Waals surface area contributed by atoms with E-state index in [1.807, 2.05) is 60.7 Å². The Hall–Kier alpha value is -5.76. The van der Waals surface area contributed by atoms with Crippen LogP contribution in [-0.4, -0.2) is 19.9 Å². The number of hydrogen-bond acceptors (Lipinski definition) is 7. The van der Waals surface area contributed by atoms with Gasteiger partial charge in [-0.2, -0.15) is 0 Å². The molecule has 0 radical (unpaired) electrons. The standard InChI is InChI=1S/C40H22N4OS2/c1-2-10-23(11-3-1)37-42-38(24-20-21-26-25-12-4-6-18-32(25)45-33(26)22-24)44-39(43-37)29-15-8-13-27-28-14-9-16-30(36(28)47-35(27)29)40-41-31-17-5-7-19-34(31)46-40/h1-22H. The van der Waals surface area contributed by atoms with Crippen molar-refractivity contribution in [2.45, 2.75) is 0 Å². The monoisotopic (exact) mass is 638 g/mol. The van der Waals surface area contributed by atoms with Crippen LogP contribution in [0.3, 0.4) is 0 Å². The molecule has 0 unspecified atom stereocenters. The van der Waals surface area contributed by atoms with E-state index < -0.39 is 0 Å². The maximum atomic E-state index is 6.23. The summed E-state index contributed by atoms with van der Waals surface area (Å²) in [6, 6.07) is 45.6. The van der Waals surface area contributed by atoms with E-state index >= 15 is 0 Å². The fourth-order valence-corrected chi connectivity index (χ4v) is 8.74. The van der Waals surface area contributed by atoms with Crippen LogP contribution in [0.2, 0.25) is 0 Å². The molecule has 0 aliphatic rings. The van der Waals surface area contributed by atoms with Crippen molar-refractivity contribution in [3.8, 4) is 44.7 Å². The van der Waals surface area contributed by atoms with E-state index in [4.69, 9.17) is 24.4 Å². The van der Waals surface area contributed by atoms with E-state index in [9.17, 15) is 0 Å². The topological polar surface area (TPSA) is 64.7 Å². The van der Waals surface area contributed by atoms with Gasteiger partial charge in [0.15, 0.2) is 17.5 Å². The molecule has 4 heterocycles. The molecule has 220 valence electrons. The summed E-state index contributed by atoms with van der Waals surface area (Å²) in [7, 11) is 0. The molecule has 0 saturated carbocycles. The van der Waals surface area contributed by atoms with E-state index in [2.05, 4.69) is 72.8 Å². The molecule has 10 rings (SSSR count). The van der Waals surface area contributed by atoms with Gasteiger partial charge in [0.1, 0.15) is 16.2 Å². The summed E-state index contributed by atoms with van der Waals surface area (Å²) in [6.45, 7) is 0. The Kier molecular flexibility index (Phi) is 5.85. The predicted octanol–water partition coefficient (Wildman–Crippen LogP) is 11.4. The normalized spacial score (nSPS) is 11.8. The average Bonchev–Trinajstić information content (AvgIpc) is 3.84. The van der Waals surface area contributed by atoms with Gasteiger partial charge in [-0.15, -0.1) is 22.7 Å². The van der Waals surface area contributed by atoms with Crippen molar-refractivity contribution in [1.29, 1.82) is 0 Å². The summed E-state index contributed by atoms with van der Waals surface area (Å²) >= 11 is 3.50. The molecule has 5 nitrogen and oxygen atoms in total. The Morgan fingerprint density at radius 3 is 1.94 bits per heavy atom. The first kappa shape index (κ1) is 26.5. The molecule has 0 amide bonds. The van der Waals surface area contributed by atoms with Crippen LogP contribution in [0.15, 0.2) is 138 Å². The Morgan fingerprint density at radius 2 is 1.09 bits per heavy atom. The summed E-state index contributed by atoms with van der Waals surface area (Å²) in [5.74, 6) is 1.87. The lowest BCUT2D eigenvalue weighted by Crippen LogP contribution is -2.00. The second-order valence-corrected chi connectivity index (χ2v) is 13.5. The number of thiazole rings is 1. The highest BCUT2D eigenvalue weighted by Gasteiger charge is 2.19. The Morgan fingerprint density at radius 1 is 0.426 bits per heavy atom. The number of aromatic nitrogens is 4. The van der Waals surface area contributed by atoms with Gasteiger partial charge >= 0.3 is 0 Å². The number of rotatable bonds is 4. The van der Waals surface area contributed by atoms with Crippen LogP contribution >= 0.6 is 22.7 Å². The second kappa shape index (κ2) is 10.4. The van der Waals surface area contributed by atoms with Crippen molar-refractivity contribution in [1.82, 2.24) is 19.9 Å². The largest absolute Gasteiger partial charge is 0.456 e. The summed E-state index contributed by atoms with van der Waals surface area (Å²) in [6.07, 6.45) is 0. The summed E-state index contributed by atoms with van der Waals surface area (Å²) in [5.41, 5.74) is 6.63. The zero-order chi connectivity index (χ0) is 30.9. The maximum Gasteiger partial charge on any atom is 0.165 e. The van der Waals surface area contributed by atoms with Crippen LogP contribution in [-0.2, 0) is 0 Å². The second-order valence-electron chi connectivity index (χ2n) is 11.4. The molecule has 4 aromatic heterocycles. The highest BCUT2D eigenvalue weighted by Crippen LogP contribution is 2.45. The molecule has 0 aliphatic carbocycles. The van der Waals surface area contributed by atoms with Crippen LogP contribution in [0, 0.1) is 0 Å². The van der Waals surface area contributed by atoms with Gasteiger partial charge in [0.05, 0.1) is 10.2 Å². The number of benzene rings is 6. The molecule has 7 heteroatoms. The van der Waals surface area contributed by atoms with Crippen LogP contribution in [0.25, 0.3) is 97.1 Å². The van der Waals surface area contributed by atoms with Gasteiger partial charge < -0.3 is 4.42 Å². The van der Waals surface area contributed by atoms with E-state index in [1.165, 1.54) is 20.2 Å². The number of nitrogens with zero attached hydrogens (tertiary/aromatic N) is 4.